The third-order valence-electron chi connectivity index (χ3n) is 5.16. The maximum Gasteiger partial charge on any atom is 0.0205 e. The molecule has 3 fully saturated rings. The fourth-order valence-corrected chi connectivity index (χ4v) is 3.52. The van der Waals surface area contributed by atoms with E-state index in [1.165, 1.54) is 50.6 Å². The van der Waals surface area contributed by atoms with Gasteiger partial charge in [-0.3, -0.25) is 0 Å². The Hall–Kier alpha value is -0.820. The van der Waals surface area contributed by atoms with E-state index >= 15 is 0 Å². The van der Waals surface area contributed by atoms with Crippen molar-refractivity contribution < 1.29 is 0 Å². The standard InChI is InChI=1S/C18H25N/c1-2-13(10-17(3-1)14-4-5-14)11-19-12-18(15-6-7-15)16-8-9-16/h1-3,10,14-16,18-19H,4-9,11-12H2. The molecule has 0 amide bonds. The molecule has 0 aromatic heterocycles. The van der Waals surface area contributed by atoms with Crippen LogP contribution in [0.25, 0.3) is 0 Å². The van der Waals surface area contributed by atoms with Gasteiger partial charge in [0.15, 0.2) is 0 Å². The van der Waals surface area contributed by atoms with E-state index in [9.17, 15) is 0 Å². The molecule has 0 radical (unpaired) electrons. The van der Waals surface area contributed by atoms with Gasteiger partial charge in [-0.15, -0.1) is 0 Å². The second-order valence-electron chi connectivity index (χ2n) is 6.99. The first-order valence-corrected chi connectivity index (χ1v) is 8.20. The van der Waals surface area contributed by atoms with Crippen LogP contribution >= 0.6 is 0 Å². The fourth-order valence-electron chi connectivity index (χ4n) is 3.52. The molecule has 0 atom stereocenters. The lowest BCUT2D eigenvalue weighted by molar-refractivity contribution is 0.378. The summed E-state index contributed by atoms with van der Waals surface area (Å²) in [7, 11) is 0. The number of hydrogen-bond donors (Lipinski definition) is 1. The van der Waals surface area contributed by atoms with Crippen LogP contribution < -0.4 is 5.32 Å². The second-order valence-corrected chi connectivity index (χ2v) is 6.99. The maximum atomic E-state index is 3.73. The van der Waals surface area contributed by atoms with Crippen LogP contribution in [0, 0.1) is 17.8 Å². The van der Waals surface area contributed by atoms with Gasteiger partial charge in [-0.1, -0.05) is 24.3 Å². The fraction of sp³-hybridized carbons (Fsp3) is 0.667. The van der Waals surface area contributed by atoms with Crippen molar-refractivity contribution in [1.29, 1.82) is 0 Å². The summed E-state index contributed by atoms with van der Waals surface area (Å²) in [4.78, 5) is 0. The molecule has 0 unspecified atom stereocenters. The molecule has 102 valence electrons. The van der Waals surface area contributed by atoms with Crippen LogP contribution in [0.2, 0.25) is 0 Å². The van der Waals surface area contributed by atoms with Crippen LogP contribution in [0.1, 0.15) is 55.6 Å². The molecule has 3 saturated carbocycles. The number of benzene rings is 1. The maximum absolute atomic E-state index is 3.73. The number of rotatable bonds is 7. The molecule has 0 spiro atoms. The van der Waals surface area contributed by atoms with E-state index in [-0.39, 0.29) is 0 Å². The van der Waals surface area contributed by atoms with Gasteiger partial charge in [0.25, 0.3) is 0 Å². The summed E-state index contributed by atoms with van der Waals surface area (Å²) in [6.07, 6.45) is 8.81. The average molecular weight is 255 g/mol. The van der Waals surface area contributed by atoms with Gasteiger partial charge in [-0.25, -0.2) is 0 Å². The highest BCUT2D eigenvalue weighted by Crippen LogP contribution is 2.48. The van der Waals surface area contributed by atoms with Gasteiger partial charge in [0.1, 0.15) is 0 Å². The van der Waals surface area contributed by atoms with E-state index < -0.39 is 0 Å². The minimum absolute atomic E-state index is 0.880. The first-order valence-electron chi connectivity index (χ1n) is 8.20. The lowest BCUT2D eigenvalue weighted by Crippen LogP contribution is -2.25. The minimum Gasteiger partial charge on any atom is -0.312 e. The Bertz CT molecular complexity index is 429. The van der Waals surface area contributed by atoms with Gasteiger partial charge in [-0.2, -0.15) is 0 Å². The summed E-state index contributed by atoms with van der Waals surface area (Å²) in [5.41, 5.74) is 3.05. The lowest BCUT2D eigenvalue weighted by Gasteiger charge is -2.16. The van der Waals surface area contributed by atoms with Gasteiger partial charge >= 0.3 is 0 Å². The van der Waals surface area contributed by atoms with E-state index in [1.54, 1.807) is 5.56 Å². The van der Waals surface area contributed by atoms with Crippen LogP contribution in [0.5, 0.6) is 0 Å². The van der Waals surface area contributed by atoms with Gasteiger partial charge in [0.2, 0.25) is 0 Å². The Labute approximate surface area is 116 Å². The van der Waals surface area contributed by atoms with Crippen molar-refractivity contribution in [3.05, 3.63) is 35.4 Å². The van der Waals surface area contributed by atoms with E-state index in [1.807, 2.05) is 0 Å². The van der Waals surface area contributed by atoms with Gasteiger partial charge in [-0.05, 0) is 79.9 Å². The summed E-state index contributed by atoms with van der Waals surface area (Å²) in [5.74, 6) is 4.01. The average Bonchev–Trinajstić information content (AvgIpc) is 3.32. The van der Waals surface area contributed by atoms with Crippen molar-refractivity contribution in [3.8, 4) is 0 Å². The van der Waals surface area contributed by atoms with Gasteiger partial charge in [0, 0.05) is 6.54 Å². The Kier molecular flexibility index (Phi) is 3.11. The zero-order valence-electron chi connectivity index (χ0n) is 11.8. The molecule has 1 nitrogen and oxygen atoms in total. The van der Waals surface area contributed by atoms with Gasteiger partial charge in [0.05, 0.1) is 0 Å². The summed E-state index contributed by atoms with van der Waals surface area (Å²) in [6, 6.07) is 9.25. The van der Waals surface area contributed by atoms with Crippen LogP contribution in [0.4, 0.5) is 0 Å². The van der Waals surface area contributed by atoms with Crippen molar-refractivity contribution in [2.24, 2.45) is 17.8 Å². The number of nitrogens with one attached hydrogen (secondary N) is 1. The summed E-state index contributed by atoms with van der Waals surface area (Å²) >= 11 is 0. The quantitative estimate of drug-likeness (QED) is 0.774. The molecule has 0 aliphatic heterocycles. The van der Waals surface area contributed by atoms with E-state index in [4.69, 9.17) is 0 Å². The predicted molar refractivity (Wildman–Crippen MR) is 79.1 cm³/mol. The highest BCUT2D eigenvalue weighted by molar-refractivity contribution is 5.29. The topological polar surface area (TPSA) is 12.0 Å². The molecule has 0 heterocycles. The predicted octanol–water partition coefficient (Wildman–Crippen LogP) is 4.09. The van der Waals surface area contributed by atoms with Crippen molar-refractivity contribution in [3.63, 3.8) is 0 Å². The Morgan fingerprint density at radius 1 is 1.00 bits per heavy atom. The Morgan fingerprint density at radius 2 is 1.74 bits per heavy atom. The smallest absolute Gasteiger partial charge is 0.0205 e. The Morgan fingerprint density at radius 3 is 2.37 bits per heavy atom. The summed E-state index contributed by atoms with van der Waals surface area (Å²) < 4.78 is 0. The molecule has 19 heavy (non-hydrogen) atoms. The third kappa shape index (κ3) is 3.02. The molecule has 1 N–H and O–H groups in total. The zero-order valence-corrected chi connectivity index (χ0v) is 11.8. The SMILES string of the molecule is c1cc(CNCC(C2CC2)C2CC2)cc(C2CC2)c1. The van der Waals surface area contributed by atoms with Crippen LogP contribution in [0.15, 0.2) is 24.3 Å². The molecule has 3 aliphatic carbocycles. The molecule has 4 rings (SSSR count). The molecular weight excluding hydrogens is 230 g/mol. The van der Waals surface area contributed by atoms with Crippen molar-refractivity contribution >= 4 is 0 Å². The molecule has 3 aliphatic rings. The van der Waals surface area contributed by atoms with Crippen molar-refractivity contribution in [1.82, 2.24) is 5.32 Å². The Balaban J connectivity index is 1.30. The highest BCUT2D eigenvalue weighted by Gasteiger charge is 2.40. The first kappa shape index (κ1) is 12.0. The summed E-state index contributed by atoms with van der Waals surface area (Å²) in [6.45, 7) is 2.32. The molecule has 1 aromatic rings. The van der Waals surface area contributed by atoms with Crippen LogP contribution in [-0.4, -0.2) is 6.54 Å². The third-order valence-corrected chi connectivity index (χ3v) is 5.16. The van der Waals surface area contributed by atoms with Gasteiger partial charge < -0.3 is 5.32 Å². The first-order chi connectivity index (χ1) is 9.40. The largest absolute Gasteiger partial charge is 0.312 e. The number of hydrogen-bond acceptors (Lipinski definition) is 1. The lowest BCUT2D eigenvalue weighted by atomic mass is 9.98. The molecule has 1 aromatic carbocycles. The van der Waals surface area contributed by atoms with Crippen molar-refractivity contribution in [2.75, 3.05) is 6.54 Å². The van der Waals surface area contributed by atoms with E-state index in [2.05, 4.69) is 29.6 Å². The molecule has 1 heteroatoms. The minimum atomic E-state index is 0.880. The van der Waals surface area contributed by atoms with Crippen LogP contribution in [-0.2, 0) is 6.54 Å². The monoisotopic (exact) mass is 255 g/mol. The summed E-state index contributed by atoms with van der Waals surface area (Å²) in [5, 5.41) is 3.73. The van der Waals surface area contributed by atoms with E-state index in [0.717, 1.165) is 30.2 Å². The van der Waals surface area contributed by atoms with Crippen LogP contribution in [0.3, 0.4) is 0 Å². The molecular formula is C18H25N. The normalized spacial score (nSPS) is 23.0. The van der Waals surface area contributed by atoms with E-state index in [0.29, 0.717) is 0 Å². The van der Waals surface area contributed by atoms with Crippen molar-refractivity contribution in [2.45, 2.75) is 51.0 Å². The molecule has 0 bridgehead atoms. The highest BCUT2D eigenvalue weighted by atomic mass is 14.9. The molecule has 0 saturated heterocycles. The zero-order chi connectivity index (χ0) is 12.7. The second kappa shape index (κ2) is 4.94.